The van der Waals surface area contributed by atoms with Crippen molar-refractivity contribution in [3.05, 3.63) is 24.0 Å². The molecule has 0 aliphatic rings. The summed E-state index contributed by atoms with van der Waals surface area (Å²) in [5.41, 5.74) is 0. The van der Waals surface area contributed by atoms with Crippen molar-refractivity contribution < 1.29 is 19.0 Å². The van der Waals surface area contributed by atoms with Crippen molar-refractivity contribution in [2.24, 2.45) is 0 Å². The molecule has 72 valence electrons. The summed E-state index contributed by atoms with van der Waals surface area (Å²) in [7, 11) is 1.55. The first-order valence-corrected chi connectivity index (χ1v) is 3.84. The lowest BCUT2D eigenvalue weighted by molar-refractivity contribution is 0.144. The van der Waals surface area contributed by atoms with Gasteiger partial charge in [0.15, 0.2) is 11.5 Å². The number of benzene rings is 1. The molecule has 13 heavy (non-hydrogen) atoms. The van der Waals surface area contributed by atoms with Crippen LogP contribution in [0, 0.1) is 5.82 Å². The van der Waals surface area contributed by atoms with E-state index in [-0.39, 0.29) is 11.5 Å². The molecule has 1 rings (SSSR count). The minimum absolute atomic E-state index is 0.198. The lowest BCUT2D eigenvalue weighted by atomic mass is 10.3. The molecule has 0 fully saturated rings. The van der Waals surface area contributed by atoms with Gasteiger partial charge >= 0.3 is 0 Å². The largest absolute Gasteiger partial charge is 0.504 e. The average Bonchev–Trinajstić information content (AvgIpc) is 2.09. The van der Waals surface area contributed by atoms with E-state index in [1.165, 1.54) is 12.1 Å². The SMILES string of the molecule is COCCOc1ccc(F)cc1O. The predicted molar refractivity (Wildman–Crippen MR) is 45.4 cm³/mol. The third kappa shape index (κ3) is 2.91. The van der Waals surface area contributed by atoms with Crippen LogP contribution in [0.1, 0.15) is 0 Å². The molecule has 0 aliphatic carbocycles. The van der Waals surface area contributed by atoms with Crippen LogP contribution in [0.4, 0.5) is 4.39 Å². The highest BCUT2D eigenvalue weighted by Crippen LogP contribution is 2.25. The topological polar surface area (TPSA) is 38.7 Å². The number of methoxy groups -OCH3 is 1. The Morgan fingerprint density at radius 2 is 2.15 bits per heavy atom. The fourth-order valence-corrected chi connectivity index (χ4v) is 0.848. The van der Waals surface area contributed by atoms with Crippen molar-refractivity contribution in [2.75, 3.05) is 20.3 Å². The quantitative estimate of drug-likeness (QED) is 0.725. The number of halogens is 1. The van der Waals surface area contributed by atoms with Crippen LogP contribution in [-0.2, 0) is 4.74 Å². The van der Waals surface area contributed by atoms with E-state index >= 15 is 0 Å². The summed E-state index contributed by atoms with van der Waals surface area (Å²) in [6.07, 6.45) is 0. The lowest BCUT2D eigenvalue weighted by Gasteiger charge is -2.06. The zero-order chi connectivity index (χ0) is 9.68. The Kier molecular flexibility index (Phi) is 3.52. The minimum Gasteiger partial charge on any atom is -0.504 e. The highest BCUT2D eigenvalue weighted by atomic mass is 19.1. The van der Waals surface area contributed by atoms with Crippen molar-refractivity contribution in [3.63, 3.8) is 0 Å². The monoisotopic (exact) mass is 186 g/mol. The smallest absolute Gasteiger partial charge is 0.161 e. The van der Waals surface area contributed by atoms with Crippen molar-refractivity contribution in [2.45, 2.75) is 0 Å². The maximum atomic E-state index is 12.5. The second-order valence-corrected chi connectivity index (χ2v) is 2.45. The molecule has 1 aromatic carbocycles. The molecule has 0 unspecified atom stereocenters. The van der Waals surface area contributed by atoms with Crippen LogP contribution in [0.2, 0.25) is 0 Å². The summed E-state index contributed by atoms with van der Waals surface area (Å²) in [5.74, 6) is -0.425. The predicted octanol–water partition coefficient (Wildman–Crippen LogP) is 1.56. The number of hydrogen-bond acceptors (Lipinski definition) is 3. The Labute approximate surface area is 75.7 Å². The zero-order valence-electron chi connectivity index (χ0n) is 7.29. The third-order valence-electron chi connectivity index (χ3n) is 1.47. The van der Waals surface area contributed by atoms with Gasteiger partial charge in [-0.15, -0.1) is 0 Å². The lowest BCUT2D eigenvalue weighted by Crippen LogP contribution is -2.04. The van der Waals surface area contributed by atoms with Gasteiger partial charge < -0.3 is 14.6 Å². The molecule has 0 bridgehead atoms. The number of rotatable bonds is 4. The number of phenols is 1. The van der Waals surface area contributed by atoms with E-state index in [1.807, 2.05) is 0 Å². The zero-order valence-corrected chi connectivity index (χ0v) is 7.29. The van der Waals surface area contributed by atoms with Crippen LogP contribution in [0.5, 0.6) is 11.5 Å². The molecule has 0 aromatic heterocycles. The molecule has 0 saturated carbocycles. The molecule has 0 heterocycles. The van der Waals surface area contributed by atoms with Crippen molar-refractivity contribution in [1.82, 2.24) is 0 Å². The summed E-state index contributed by atoms with van der Waals surface area (Å²) < 4.78 is 22.3. The second-order valence-electron chi connectivity index (χ2n) is 2.45. The maximum Gasteiger partial charge on any atom is 0.161 e. The van der Waals surface area contributed by atoms with Gasteiger partial charge in [0.25, 0.3) is 0 Å². The first-order valence-electron chi connectivity index (χ1n) is 3.84. The first kappa shape index (κ1) is 9.80. The number of phenolic OH excluding ortho intramolecular Hbond substituents is 1. The molecular weight excluding hydrogens is 175 g/mol. The minimum atomic E-state index is -0.489. The molecule has 0 aliphatic heterocycles. The van der Waals surface area contributed by atoms with Gasteiger partial charge in [-0.1, -0.05) is 0 Å². The standard InChI is InChI=1S/C9H11FO3/c1-12-4-5-13-9-3-2-7(10)6-8(9)11/h2-3,6,11H,4-5H2,1H3. The molecular formula is C9H11FO3. The van der Waals surface area contributed by atoms with Crippen molar-refractivity contribution in [3.8, 4) is 11.5 Å². The van der Waals surface area contributed by atoms with Crippen LogP contribution < -0.4 is 4.74 Å². The first-order chi connectivity index (χ1) is 6.24. The molecule has 1 N–H and O–H groups in total. The van der Waals surface area contributed by atoms with E-state index in [0.29, 0.717) is 13.2 Å². The van der Waals surface area contributed by atoms with Gasteiger partial charge in [-0.25, -0.2) is 4.39 Å². The Bertz CT molecular complexity index is 276. The van der Waals surface area contributed by atoms with Gasteiger partial charge in [0.2, 0.25) is 0 Å². The highest BCUT2D eigenvalue weighted by Gasteiger charge is 2.02. The third-order valence-corrected chi connectivity index (χ3v) is 1.47. The molecule has 0 amide bonds. The molecule has 1 aromatic rings. The van der Waals surface area contributed by atoms with Crippen molar-refractivity contribution in [1.29, 1.82) is 0 Å². The van der Waals surface area contributed by atoms with Gasteiger partial charge in [0.1, 0.15) is 12.4 Å². The van der Waals surface area contributed by atoms with Crippen LogP contribution in [0.25, 0.3) is 0 Å². The van der Waals surface area contributed by atoms with Crippen LogP contribution in [-0.4, -0.2) is 25.4 Å². The maximum absolute atomic E-state index is 12.5. The molecule has 0 atom stereocenters. The number of ether oxygens (including phenoxy) is 2. The molecule has 0 radical (unpaired) electrons. The van der Waals surface area contributed by atoms with Crippen LogP contribution in [0.3, 0.4) is 0 Å². The highest BCUT2D eigenvalue weighted by molar-refractivity contribution is 5.38. The van der Waals surface area contributed by atoms with Gasteiger partial charge in [0.05, 0.1) is 6.61 Å². The molecule has 0 spiro atoms. The molecule has 3 nitrogen and oxygen atoms in total. The summed E-state index contributed by atoms with van der Waals surface area (Å²) in [4.78, 5) is 0. The van der Waals surface area contributed by atoms with Gasteiger partial charge in [-0.2, -0.15) is 0 Å². The van der Waals surface area contributed by atoms with Crippen LogP contribution >= 0.6 is 0 Å². The Hall–Kier alpha value is -1.29. The number of hydrogen-bond donors (Lipinski definition) is 1. The van der Waals surface area contributed by atoms with E-state index in [1.54, 1.807) is 7.11 Å². The fraction of sp³-hybridized carbons (Fsp3) is 0.333. The molecule has 4 heteroatoms. The Morgan fingerprint density at radius 1 is 1.38 bits per heavy atom. The van der Waals surface area contributed by atoms with Crippen LogP contribution in [0.15, 0.2) is 18.2 Å². The Morgan fingerprint density at radius 3 is 2.77 bits per heavy atom. The van der Waals surface area contributed by atoms with Crippen molar-refractivity contribution >= 4 is 0 Å². The fourth-order valence-electron chi connectivity index (χ4n) is 0.848. The second kappa shape index (κ2) is 4.67. The van der Waals surface area contributed by atoms with E-state index in [9.17, 15) is 9.50 Å². The van der Waals surface area contributed by atoms with E-state index < -0.39 is 5.82 Å². The van der Waals surface area contributed by atoms with E-state index in [4.69, 9.17) is 9.47 Å². The average molecular weight is 186 g/mol. The normalized spacial score (nSPS) is 10.0. The van der Waals surface area contributed by atoms with Gasteiger partial charge in [-0.05, 0) is 12.1 Å². The Balaban J connectivity index is 2.56. The summed E-state index contributed by atoms with van der Waals surface area (Å²) >= 11 is 0. The summed E-state index contributed by atoms with van der Waals surface area (Å²) in [5, 5.41) is 9.18. The van der Waals surface area contributed by atoms with Gasteiger partial charge in [0, 0.05) is 13.2 Å². The van der Waals surface area contributed by atoms with Gasteiger partial charge in [-0.3, -0.25) is 0 Å². The van der Waals surface area contributed by atoms with E-state index in [2.05, 4.69) is 0 Å². The summed E-state index contributed by atoms with van der Waals surface area (Å²) in [6.45, 7) is 0.756. The summed E-state index contributed by atoms with van der Waals surface area (Å²) in [6, 6.07) is 3.60. The number of aromatic hydroxyl groups is 1. The van der Waals surface area contributed by atoms with E-state index in [0.717, 1.165) is 6.07 Å². The molecule has 0 saturated heterocycles.